The summed E-state index contributed by atoms with van der Waals surface area (Å²) in [6.07, 6.45) is 1.09. The van der Waals surface area contributed by atoms with Gasteiger partial charge in [-0.05, 0) is 12.3 Å². The van der Waals surface area contributed by atoms with Gasteiger partial charge in [0.2, 0.25) is 0 Å². The maximum atomic E-state index is 5.78. The third-order valence-corrected chi connectivity index (χ3v) is 3.42. The van der Waals surface area contributed by atoms with Crippen LogP contribution in [0.4, 0.5) is 5.13 Å². The monoisotopic (exact) mass is 397 g/mol. The molecule has 0 amide bonds. The zero-order valence-electron chi connectivity index (χ0n) is 12.0. The Kier molecular flexibility index (Phi) is 9.07. The summed E-state index contributed by atoms with van der Waals surface area (Å²) in [5, 5.41) is 6.11. The van der Waals surface area contributed by atoms with Crippen molar-refractivity contribution in [2.75, 3.05) is 25.5 Å². The van der Waals surface area contributed by atoms with Gasteiger partial charge in [-0.2, -0.15) is 0 Å². The minimum atomic E-state index is 0. The van der Waals surface area contributed by atoms with Crippen molar-refractivity contribution in [3.8, 4) is 0 Å². The van der Waals surface area contributed by atoms with Crippen LogP contribution in [0.1, 0.15) is 26.0 Å². The summed E-state index contributed by atoms with van der Waals surface area (Å²) in [4.78, 5) is 10.7. The van der Waals surface area contributed by atoms with E-state index in [4.69, 9.17) is 5.73 Å². The van der Waals surface area contributed by atoms with Gasteiger partial charge in [-0.15, -0.1) is 35.3 Å². The van der Waals surface area contributed by atoms with Gasteiger partial charge < -0.3 is 16.0 Å². The van der Waals surface area contributed by atoms with Crippen LogP contribution in [0, 0.1) is 5.92 Å². The van der Waals surface area contributed by atoms with Gasteiger partial charge in [0.1, 0.15) is 0 Å². The Balaban J connectivity index is 0.00000324. The lowest BCUT2D eigenvalue weighted by atomic mass is 10.1. The molecular formula is C12H24IN5S. The van der Waals surface area contributed by atoms with Crippen molar-refractivity contribution in [1.82, 2.24) is 10.3 Å². The summed E-state index contributed by atoms with van der Waals surface area (Å²) >= 11 is 1.62. The van der Waals surface area contributed by atoms with Gasteiger partial charge in [0, 0.05) is 26.0 Å². The fourth-order valence-electron chi connectivity index (χ4n) is 1.29. The summed E-state index contributed by atoms with van der Waals surface area (Å²) in [5.74, 6) is 1.17. The topological polar surface area (TPSA) is 66.5 Å². The van der Waals surface area contributed by atoms with Crippen LogP contribution in [0.25, 0.3) is 0 Å². The highest BCUT2D eigenvalue weighted by molar-refractivity contribution is 14.0. The second-order valence-electron chi connectivity index (χ2n) is 4.83. The standard InChI is InChI=1S/C12H23N5S.HI/c1-9(2)5-6-14-11(13)15-7-10-8-18-12(16-10)17(3)4;/h8-9H,5-7H2,1-4H3,(H3,13,14,15);1H. The normalized spacial score (nSPS) is 11.3. The summed E-state index contributed by atoms with van der Waals surface area (Å²) in [6.45, 7) is 5.78. The van der Waals surface area contributed by atoms with E-state index in [2.05, 4.69) is 29.1 Å². The number of hydrogen-bond acceptors (Lipinski definition) is 4. The number of nitrogens with zero attached hydrogens (tertiary/aromatic N) is 3. The van der Waals surface area contributed by atoms with E-state index in [9.17, 15) is 0 Å². The Bertz CT molecular complexity index is 389. The number of rotatable bonds is 6. The molecule has 1 aromatic heterocycles. The van der Waals surface area contributed by atoms with E-state index >= 15 is 0 Å². The molecule has 0 radical (unpaired) electrons. The number of thiazole rings is 1. The molecule has 0 saturated heterocycles. The minimum absolute atomic E-state index is 0. The van der Waals surface area contributed by atoms with Gasteiger partial charge in [0.15, 0.2) is 11.1 Å². The Hall–Kier alpha value is -0.570. The second-order valence-corrected chi connectivity index (χ2v) is 5.66. The largest absolute Gasteiger partial charge is 0.370 e. The smallest absolute Gasteiger partial charge is 0.188 e. The maximum absolute atomic E-state index is 5.78. The molecule has 0 aliphatic heterocycles. The molecule has 0 aliphatic rings. The van der Waals surface area contributed by atoms with Crippen molar-refractivity contribution in [3.05, 3.63) is 11.1 Å². The van der Waals surface area contributed by atoms with E-state index in [1.54, 1.807) is 11.3 Å². The molecular weight excluding hydrogens is 373 g/mol. The van der Waals surface area contributed by atoms with E-state index < -0.39 is 0 Å². The zero-order chi connectivity index (χ0) is 13.5. The van der Waals surface area contributed by atoms with Crippen LogP contribution < -0.4 is 16.0 Å². The highest BCUT2D eigenvalue weighted by Gasteiger charge is 2.03. The molecule has 110 valence electrons. The number of anilines is 1. The number of guanidine groups is 1. The molecule has 19 heavy (non-hydrogen) atoms. The van der Waals surface area contributed by atoms with E-state index in [0.29, 0.717) is 18.4 Å². The molecule has 7 heteroatoms. The number of hydrogen-bond donors (Lipinski definition) is 2. The first-order valence-corrected chi connectivity index (χ1v) is 7.02. The predicted molar refractivity (Wildman–Crippen MR) is 94.6 cm³/mol. The SMILES string of the molecule is CC(C)CCNC(N)=NCc1csc(N(C)C)n1.I. The predicted octanol–water partition coefficient (Wildman–Crippen LogP) is 2.28. The lowest BCUT2D eigenvalue weighted by Crippen LogP contribution is -2.32. The molecule has 5 nitrogen and oxygen atoms in total. The van der Waals surface area contributed by atoms with Gasteiger partial charge in [0.05, 0.1) is 12.2 Å². The molecule has 0 spiro atoms. The Labute approximate surface area is 136 Å². The first-order chi connectivity index (χ1) is 8.49. The fraction of sp³-hybridized carbons (Fsp3) is 0.667. The molecule has 1 rings (SSSR count). The quantitative estimate of drug-likeness (QED) is 0.439. The van der Waals surface area contributed by atoms with Crippen molar-refractivity contribution in [2.45, 2.75) is 26.8 Å². The average molecular weight is 397 g/mol. The van der Waals surface area contributed by atoms with Crippen molar-refractivity contribution in [2.24, 2.45) is 16.6 Å². The number of nitrogens with one attached hydrogen (secondary N) is 1. The van der Waals surface area contributed by atoms with E-state index in [1.807, 2.05) is 24.4 Å². The van der Waals surface area contributed by atoms with Gasteiger partial charge in [0.25, 0.3) is 0 Å². The molecule has 0 bridgehead atoms. The molecule has 0 saturated carbocycles. The van der Waals surface area contributed by atoms with Crippen molar-refractivity contribution in [1.29, 1.82) is 0 Å². The molecule has 0 unspecified atom stereocenters. The van der Waals surface area contributed by atoms with Gasteiger partial charge >= 0.3 is 0 Å². The van der Waals surface area contributed by atoms with Gasteiger partial charge in [-0.1, -0.05) is 13.8 Å². The number of halogens is 1. The van der Waals surface area contributed by atoms with Crippen LogP contribution in [-0.2, 0) is 6.54 Å². The fourth-order valence-corrected chi connectivity index (χ4v) is 2.03. The van der Waals surface area contributed by atoms with Crippen molar-refractivity contribution in [3.63, 3.8) is 0 Å². The third-order valence-electron chi connectivity index (χ3n) is 2.36. The molecule has 1 aromatic rings. The molecule has 0 atom stereocenters. The minimum Gasteiger partial charge on any atom is -0.370 e. The Morgan fingerprint density at radius 1 is 1.53 bits per heavy atom. The van der Waals surface area contributed by atoms with Gasteiger partial charge in [-0.3, -0.25) is 0 Å². The van der Waals surface area contributed by atoms with Crippen molar-refractivity contribution < 1.29 is 0 Å². The Morgan fingerprint density at radius 2 is 2.21 bits per heavy atom. The Morgan fingerprint density at radius 3 is 2.74 bits per heavy atom. The third kappa shape index (κ3) is 7.56. The highest BCUT2D eigenvalue weighted by atomic mass is 127. The summed E-state index contributed by atoms with van der Waals surface area (Å²) < 4.78 is 0. The molecule has 0 aromatic carbocycles. The van der Waals surface area contributed by atoms with Crippen LogP contribution in [0.15, 0.2) is 10.4 Å². The first-order valence-electron chi connectivity index (χ1n) is 6.14. The summed E-state index contributed by atoms with van der Waals surface area (Å²) in [5.41, 5.74) is 6.73. The number of aromatic nitrogens is 1. The lowest BCUT2D eigenvalue weighted by molar-refractivity contribution is 0.576. The summed E-state index contributed by atoms with van der Waals surface area (Å²) in [7, 11) is 3.96. The van der Waals surface area contributed by atoms with Crippen molar-refractivity contribution >= 4 is 46.4 Å². The van der Waals surface area contributed by atoms with E-state index in [1.165, 1.54) is 0 Å². The number of aliphatic imine (C=N–C) groups is 1. The first kappa shape index (κ1) is 18.4. The van der Waals surface area contributed by atoms with E-state index in [0.717, 1.165) is 23.8 Å². The van der Waals surface area contributed by atoms with Crippen LogP contribution >= 0.6 is 35.3 Å². The average Bonchev–Trinajstić information content (AvgIpc) is 2.74. The van der Waals surface area contributed by atoms with Crippen LogP contribution in [-0.4, -0.2) is 31.6 Å². The molecule has 0 fully saturated rings. The summed E-state index contributed by atoms with van der Waals surface area (Å²) in [6, 6.07) is 0. The number of nitrogens with two attached hydrogens (primary N) is 1. The van der Waals surface area contributed by atoms with Crippen LogP contribution in [0.5, 0.6) is 0 Å². The lowest BCUT2D eigenvalue weighted by Gasteiger charge is -2.07. The molecule has 3 N–H and O–H groups in total. The van der Waals surface area contributed by atoms with Crippen LogP contribution in [0.2, 0.25) is 0 Å². The zero-order valence-corrected chi connectivity index (χ0v) is 15.2. The van der Waals surface area contributed by atoms with E-state index in [-0.39, 0.29) is 24.0 Å². The maximum Gasteiger partial charge on any atom is 0.188 e. The molecule has 1 heterocycles. The van der Waals surface area contributed by atoms with Gasteiger partial charge in [-0.25, -0.2) is 9.98 Å². The highest BCUT2D eigenvalue weighted by Crippen LogP contribution is 2.18. The van der Waals surface area contributed by atoms with Crippen LogP contribution in [0.3, 0.4) is 0 Å². The molecule has 0 aliphatic carbocycles. The second kappa shape index (κ2) is 9.35.